The van der Waals surface area contributed by atoms with Crippen molar-refractivity contribution in [3.05, 3.63) is 12.7 Å². The van der Waals surface area contributed by atoms with Gasteiger partial charge in [-0.2, -0.15) is 13.2 Å². The Hall–Kier alpha value is -1.04. The van der Waals surface area contributed by atoms with Crippen molar-refractivity contribution in [3.63, 3.8) is 0 Å². The van der Waals surface area contributed by atoms with E-state index in [1.165, 1.54) is 0 Å². The average Bonchev–Trinajstić information content (AvgIpc) is 2.09. The fourth-order valence-corrected chi connectivity index (χ4v) is 0.598. The number of alkyl halides is 3. The molecule has 0 rings (SSSR count). The Balaban J connectivity index is 3.61. The molecule has 0 aromatic rings. The first-order valence-corrected chi connectivity index (χ1v) is 4.04. The minimum atomic E-state index is -4.36. The van der Waals surface area contributed by atoms with Gasteiger partial charge in [0, 0.05) is 6.04 Å². The second kappa shape index (κ2) is 5.64. The van der Waals surface area contributed by atoms with E-state index in [4.69, 9.17) is 0 Å². The summed E-state index contributed by atoms with van der Waals surface area (Å²) in [6.45, 7) is 3.74. The highest BCUT2D eigenvalue weighted by Crippen LogP contribution is 2.11. The molecule has 82 valence electrons. The lowest BCUT2D eigenvalue weighted by molar-refractivity contribution is -0.137. The van der Waals surface area contributed by atoms with Crippen LogP contribution in [0.5, 0.6) is 0 Å². The molecule has 3 nitrogen and oxygen atoms in total. The number of carbonyl (C=O) groups is 1. The van der Waals surface area contributed by atoms with Crippen LogP contribution in [0.3, 0.4) is 0 Å². The lowest BCUT2D eigenvalue weighted by atomic mass is 10.3. The first-order valence-electron chi connectivity index (χ1n) is 4.04. The molecule has 6 heteroatoms. The first kappa shape index (κ1) is 13.0. The van der Waals surface area contributed by atoms with Crippen molar-refractivity contribution in [2.24, 2.45) is 0 Å². The molecule has 1 atom stereocenters. The van der Waals surface area contributed by atoms with E-state index in [2.05, 4.69) is 11.9 Å². The van der Waals surface area contributed by atoms with Gasteiger partial charge >= 0.3 is 6.18 Å². The van der Waals surface area contributed by atoms with Crippen molar-refractivity contribution in [2.75, 3.05) is 13.1 Å². The van der Waals surface area contributed by atoms with Crippen LogP contribution in [0.2, 0.25) is 0 Å². The Labute approximate surface area is 80.4 Å². The van der Waals surface area contributed by atoms with Crippen molar-refractivity contribution in [2.45, 2.75) is 19.1 Å². The van der Waals surface area contributed by atoms with Crippen LogP contribution in [-0.4, -0.2) is 31.2 Å². The lowest BCUT2D eigenvalue weighted by Gasteiger charge is -2.10. The number of nitrogens with one attached hydrogen (secondary N) is 2. The largest absolute Gasteiger partial charge is 0.405 e. The van der Waals surface area contributed by atoms with Gasteiger partial charge in [-0.1, -0.05) is 6.08 Å². The summed E-state index contributed by atoms with van der Waals surface area (Å²) in [4.78, 5) is 10.8. The molecule has 0 spiro atoms. The second-order valence-corrected chi connectivity index (χ2v) is 2.80. The van der Waals surface area contributed by atoms with Crippen LogP contribution in [-0.2, 0) is 4.79 Å². The minimum absolute atomic E-state index is 0.105. The molecular weight excluding hydrogens is 197 g/mol. The van der Waals surface area contributed by atoms with E-state index >= 15 is 0 Å². The van der Waals surface area contributed by atoms with E-state index in [1.807, 2.05) is 0 Å². The molecule has 0 aromatic heterocycles. The monoisotopic (exact) mass is 210 g/mol. The summed E-state index contributed by atoms with van der Waals surface area (Å²) in [6.07, 6.45) is -2.81. The van der Waals surface area contributed by atoms with Crippen LogP contribution in [0.25, 0.3) is 0 Å². The van der Waals surface area contributed by atoms with E-state index in [0.717, 1.165) is 0 Å². The van der Waals surface area contributed by atoms with Crippen molar-refractivity contribution in [3.8, 4) is 0 Å². The second-order valence-electron chi connectivity index (χ2n) is 2.80. The number of hydrogen-bond donors (Lipinski definition) is 2. The predicted octanol–water partition coefficient (Wildman–Crippen LogP) is 0.829. The van der Waals surface area contributed by atoms with Crippen LogP contribution in [0, 0.1) is 0 Å². The highest BCUT2D eigenvalue weighted by Gasteiger charge is 2.27. The van der Waals surface area contributed by atoms with Crippen LogP contribution < -0.4 is 10.6 Å². The maximum atomic E-state index is 11.6. The number of amides is 1. The quantitative estimate of drug-likeness (QED) is 0.660. The molecule has 1 unspecified atom stereocenters. The maximum absolute atomic E-state index is 11.6. The molecule has 0 aliphatic rings. The number of hydrogen-bond acceptors (Lipinski definition) is 2. The lowest BCUT2D eigenvalue weighted by Crippen LogP contribution is -2.41. The summed E-state index contributed by atoms with van der Waals surface area (Å²) in [5.74, 6) is -0.684. The molecule has 0 saturated carbocycles. The van der Waals surface area contributed by atoms with E-state index in [9.17, 15) is 18.0 Å². The molecule has 14 heavy (non-hydrogen) atoms. The SMILES string of the molecule is C=CC(C)NCC(=O)NCC(F)(F)F. The normalized spacial score (nSPS) is 13.4. The summed E-state index contributed by atoms with van der Waals surface area (Å²) < 4.78 is 34.9. The van der Waals surface area contributed by atoms with Crippen LogP contribution in [0.15, 0.2) is 12.7 Å². The van der Waals surface area contributed by atoms with Gasteiger partial charge in [-0.3, -0.25) is 4.79 Å². The molecule has 0 radical (unpaired) electrons. The zero-order valence-corrected chi connectivity index (χ0v) is 7.82. The van der Waals surface area contributed by atoms with E-state index in [1.54, 1.807) is 18.3 Å². The minimum Gasteiger partial charge on any atom is -0.346 e. The summed E-state index contributed by atoms with van der Waals surface area (Å²) in [6, 6.07) is -0.105. The Bertz CT molecular complexity index is 203. The van der Waals surface area contributed by atoms with Gasteiger partial charge in [0.2, 0.25) is 5.91 Å². The molecule has 0 aromatic carbocycles. The summed E-state index contributed by atoms with van der Waals surface area (Å²) in [5.41, 5.74) is 0. The Kier molecular flexibility index (Phi) is 5.22. The molecule has 0 aliphatic carbocycles. The molecule has 0 bridgehead atoms. The summed E-state index contributed by atoms with van der Waals surface area (Å²) >= 11 is 0. The van der Waals surface area contributed by atoms with Crippen molar-refractivity contribution in [1.82, 2.24) is 10.6 Å². The van der Waals surface area contributed by atoms with E-state index < -0.39 is 18.6 Å². The van der Waals surface area contributed by atoms with Gasteiger partial charge < -0.3 is 10.6 Å². The van der Waals surface area contributed by atoms with E-state index in [-0.39, 0.29) is 12.6 Å². The van der Waals surface area contributed by atoms with Crippen molar-refractivity contribution >= 4 is 5.91 Å². The summed E-state index contributed by atoms with van der Waals surface area (Å²) in [5, 5.41) is 4.41. The zero-order chi connectivity index (χ0) is 11.2. The molecular formula is C8H13F3N2O. The van der Waals surface area contributed by atoms with Crippen LogP contribution in [0.4, 0.5) is 13.2 Å². The maximum Gasteiger partial charge on any atom is 0.405 e. The first-order chi connectivity index (χ1) is 6.35. The number of carbonyl (C=O) groups excluding carboxylic acids is 1. The Morgan fingerprint density at radius 2 is 2.14 bits per heavy atom. The molecule has 0 aliphatic heterocycles. The third kappa shape index (κ3) is 7.60. The van der Waals surface area contributed by atoms with Gasteiger partial charge in [0.15, 0.2) is 0 Å². The standard InChI is InChI=1S/C8H13F3N2O/c1-3-6(2)12-4-7(14)13-5-8(9,10)11/h3,6,12H,1,4-5H2,2H3,(H,13,14). The molecule has 2 N–H and O–H groups in total. The van der Waals surface area contributed by atoms with Gasteiger partial charge in [-0.05, 0) is 6.92 Å². The van der Waals surface area contributed by atoms with Gasteiger partial charge in [-0.25, -0.2) is 0 Å². The fourth-order valence-electron chi connectivity index (χ4n) is 0.598. The molecule has 0 saturated heterocycles. The van der Waals surface area contributed by atoms with Crippen LogP contribution in [0.1, 0.15) is 6.92 Å². The average molecular weight is 210 g/mol. The summed E-state index contributed by atoms with van der Waals surface area (Å²) in [7, 11) is 0. The highest BCUT2D eigenvalue weighted by molar-refractivity contribution is 5.78. The van der Waals surface area contributed by atoms with Gasteiger partial charge in [-0.15, -0.1) is 6.58 Å². The van der Waals surface area contributed by atoms with Crippen molar-refractivity contribution < 1.29 is 18.0 Å². The molecule has 1 amide bonds. The van der Waals surface area contributed by atoms with E-state index in [0.29, 0.717) is 0 Å². The fraction of sp³-hybridized carbons (Fsp3) is 0.625. The molecule has 0 fully saturated rings. The van der Waals surface area contributed by atoms with Crippen LogP contribution >= 0.6 is 0 Å². The number of rotatable bonds is 5. The third-order valence-corrected chi connectivity index (χ3v) is 1.42. The topological polar surface area (TPSA) is 41.1 Å². The molecule has 0 heterocycles. The Morgan fingerprint density at radius 3 is 2.57 bits per heavy atom. The smallest absolute Gasteiger partial charge is 0.346 e. The van der Waals surface area contributed by atoms with Crippen molar-refractivity contribution in [1.29, 1.82) is 0 Å². The van der Waals surface area contributed by atoms with Gasteiger partial charge in [0.05, 0.1) is 6.54 Å². The predicted molar refractivity (Wildman–Crippen MR) is 46.7 cm³/mol. The Morgan fingerprint density at radius 1 is 1.57 bits per heavy atom. The van der Waals surface area contributed by atoms with Gasteiger partial charge in [0.1, 0.15) is 6.54 Å². The zero-order valence-electron chi connectivity index (χ0n) is 7.82. The highest BCUT2D eigenvalue weighted by atomic mass is 19.4. The third-order valence-electron chi connectivity index (χ3n) is 1.42. The number of halogens is 3. The van der Waals surface area contributed by atoms with Gasteiger partial charge in [0.25, 0.3) is 0 Å².